The Labute approximate surface area is 104 Å². The van der Waals surface area contributed by atoms with Gasteiger partial charge in [0.2, 0.25) is 0 Å². The van der Waals surface area contributed by atoms with Gasteiger partial charge in [0.15, 0.2) is 4.77 Å². The predicted octanol–water partition coefficient (Wildman–Crippen LogP) is 3.34. The molecule has 17 heavy (non-hydrogen) atoms. The van der Waals surface area contributed by atoms with Crippen LogP contribution in [-0.2, 0) is 7.05 Å². The van der Waals surface area contributed by atoms with Gasteiger partial charge in [-0.15, -0.1) is 0 Å². The van der Waals surface area contributed by atoms with Gasteiger partial charge >= 0.3 is 0 Å². The summed E-state index contributed by atoms with van der Waals surface area (Å²) in [7, 11) is 1.96. The van der Waals surface area contributed by atoms with Crippen LogP contribution in [-0.4, -0.2) is 14.1 Å². The number of aromatic amines is 1. The van der Waals surface area contributed by atoms with E-state index in [1.807, 2.05) is 34.6 Å². The topological polar surface area (TPSA) is 25.6 Å². The fourth-order valence-electron chi connectivity index (χ4n) is 2.14. The maximum atomic E-state index is 5.38. The highest BCUT2D eigenvalue weighted by Gasteiger charge is 2.09. The molecular formula is C13H13N3S. The van der Waals surface area contributed by atoms with Crippen LogP contribution in [0.1, 0.15) is 5.56 Å². The second-order valence-corrected chi connectivity index (χ2v) is 4.57. The molecule has 2 heterocycles. The van der Waals surface area contributed by atoms with E-state index < -0.39 is 0 Å². The van der Waals surface area contributed by atoms with E-state index in [2.05, 4.69) is 30.1 Å². The monoisotopic (exact) mass is 243 g/mol. The Bertz CT molecular complexity index is 745. The SMILES string of the molecule is Cc1c(-n2ccn(C)c2=S)[nH]c2ccccc12. The summed E-state index contributed by atoms with van der Waals surface area (Å²) < 4.78 is 4.73. The van der Waals surface area contributed by atoms with E-state index in [9.17, 15) is 0 Å². The first-order valence-electron chi connectivity index (χ1n) is 5.50. The summed E-state index contributed by atoms with van der Waals surface area (Å²) in [6.07, 6.45) is 3.95. The first kappa shape index (κ1) is 10.4. The number of nitrogens with zero attached hydrogens (tertiary/aromatic N) is 2. The Hall–Kier alpha value is -1.81. The van der Waals surface area contributed by atoms with Crippen molar-refractivity contribution in [2.24, 2.45) is 7.05 Å². The zero-order valence-corrected chi connectivity index (χ0v) is 10.6. The molecule has 0 bridgehead atoms. The van der Waals surface area contributed by atoms with Gasteiger partial charge in [-0.25, -0.2) is 0 Å². The number of imidazole rings is 1. The van der Waals surface area contributed by atoms with E-state index >= 15 is 0 Å². The molecule has 1 N–H and O–H groups in total. The summed E-state index contributed by atoms with van der Waals surface area (Å²) in [5.41, 5.74) is 2.37. The minimum absolute atomic E-state index is 0.791. The largest absolute Gasteiger partial charge is 0.341 e. The van der Waals surface area contributed by atoms with Crippen LogP contribution in [0.4, 0.5) is 0 Å². The molecule has 3 rings (SSSR count). The standard InChI is InChI=1S/C13H13N3S/c1-9-10-5-3-4-6-11(10)14-12(9)16-8-7-15(2)13(16)17/h3-8,14H,1-2H3. The van der Waals surface area contributed by atoms with Gasteiger partial charge in [-0.1, -0.05) is 18.2 Å². The third-order valence-electron chi connectivity index (χ3n) is 3.13. The third kappa shape index (κ3) is 1.45. The molecule has 0 saturated carbocycles. The number of H-pyrrole nitrogens is 1. The molecule has 0 aliphatic rings. The first-order valence-corrected chi connectivity index (χ1v) is 5.91. The minimum atomic E-state index is 0.791. The average Bonchev–Trinajstić information content (AvgIpc) is 2.83. The van der Waals surface area contributed by atoms with E-state index in [1.54, 1.807) is 0 Å². The van der Waals surface area contributed by atoms with E-state index in [0.29, 0.717) is 0 Å². The molecule has 1 aromatic carbocycles. The Kier molecular flexibility index (Phi) is 2.19. The molecule has 3 nitrogen and oxygen atoms in total. The summed E-state index contributed by atoms with van der Waals surface area (Å²) in [5.74, 6) is 1.05. The normalized spacial score (nSPS) is 11.2. The van der Waals surface area contributed by atoms with Crippen LogP contribution >= 0.6 is 12.2 Å². The molecule has 0 amide bonds. The van der Waals surface area contributed by atoms with Crippen molar-refractivity contribution in [2.45, 2.75) is 6.92 Å². The van der Waals surface area contributed by atoms with Crippen molar-refractivity contribution in [2.75, 3.05) is 0 Å². The molecule has 0 unspecified atom stereocenters. The first-order chi connectivity index (χ1) is 8.18. The van der Waals surface area contributed by atoms with Crippen molar-refractivity contribution in [3.05, 3.63) is 47.0 Å². The highest BCUT2D eigenvalue weighted by molar-refractivity contribution is 7.71. The van der Waals surface area contributed by atoms with Crippen LogP contribution in [0.15, 0.2) is 36.7 Å². The molecule has 0 fully saturated rings. The number of para-hydroxylation sites is 1. The third-order valence-corrected chi connectivity index (χ3v) is 3.61. The Morgan fingerprint density at radius 2 is 1.94 bits per heavy atom. The number of benzene rings is 1. The predicted molar refractivity (Wildman–Crippen MR) is 72.2 cm³/mol. The van der Waals surface area contributed by atoms with E-state index in [0.717, 1.165) is 16.1 Å². The zero-order chi connectivity index (χ0) is 12.0. The smallest absolute Gasteiger partial charge is 0.185 e. The molecule has 2 aromatic heterocycles. The van der Waals surface area contributed by atoms with E-state index in [1.165, 1.54) is 10.9 Å². The summed E-state index contributed by atoms with van der Waals surface area (Å²) in [4.78, 5) is 3.42. The van der Waals surface area contributed by atoms with Crippen LogP contribution in [0.5, 0.6) is 0 Å². The van der Waals surface area contributed by atoms with Crippen molar-refractivity contribution in [1.29, 1.82) is 0 Å². The summed E-state index contributed by atoms with van der Waals surface area (Å²) in [6.45, 7) is 2.11. The van der Waals surface area contributed by atoms with Crippen molar-refractivity contribution in [1.82, 2.24) is 14.1 Å². The Morgan fingerprint density at radius 1 is 1.18 bits per heavy atom. The van der Waals surface area contributed by atoms with Gasteiger partial charge in [-0.3, -0.25) is 4.57 Å². The van der Waals surface area contributed by atoms with Gasteiger partial charge < -0.3 is 9.55 Å². The molecule has 0 aliphatic carbocycles. The number of hydrogen-bond acceptors (Lipinski definition) is 1. The average molecular weight is 243 g/mol. The van der Waals surface area contributed by atoms with Crippen LogP contribution in [0, 0.1) is 11.7 Å². The summed E-state index contributed by atoms with van der Waals surface area (Å²) >= 11 is 5.38. The minimum Gasteiger partial charge on any atom is -0.341 e. The highest BCUT2D eigenvalue weighted by Crippen LogP contribution is 2.24. The van der Waals surface area contributed by atoms with Gasteiger partial charge in [0, 0.05) is 30.3 Å². The maximum Gasteiger partial charge on any atom is 0.185 e. The van der Waals surface area contributed by atoms with Gasteiger partial charge in [0.1, 0.15) is 5.82 Å². The van der Waals surface area contributed by atoms with Gasteiger partial charge in [0.25, 0.3) is 0 Å². The number of aryl methyl sites for hydroxylation is 2. The van der Waals surface area contributed by atoms with Crippen LogP contribution in [0.2, 0.25) is 0 Å². The van der Waals surface area contributed by atoms with Crippen molar-refractivity contribution < 1.29 is 0 Å². The van der Waals surface area contributed by atoms with Crippen LogP contribution < -0.4 is 0 Å². The highest BCUT2D eigenvalue weighted by atomic mass is 32.1. The van der Waals surface area contributed by atoms with Crippen molar-refractivity contribution >= 4 is 23.1 Å². The molecule has 0 spiro atoms. The molecule has 0 radical (unpaired) electrons. The summed E-state index contributed by atoms with van der Waals surface area (Å²) in [5, 5.41) is 1.24. The molecular weight excluding hydrogens is 230 g/mol. The van der Waals surface area contributed by atoms with Crippen LogP contribution in [0.3, 0.4) is 0 Å². The lowest BCUT2D eigenvalue weighted by molar-refractivity contribution is 0.853. The van der Waals surface area contributed by atoms with E-state index in [4.69, 9.17) is 12.2 Å². The lowest BCUT2D eigenvalue weighted by Gasteiger charge is -2.00. The molecule has 86 valence electrons. The van der Waals surface area contributed by atoms with E-state index in [-0.39, 0.29) is 0 Å². The quantitative estimate of drug-likeness (QED) is 0.652. The number of aromatic nitrogens is 3. The number of hydrogen-bond donors (Lipinski definition) is 1. The molecule has 0 saturated heterocycles. The summed E-state index contributed by atoms with van der Waals surface area (Å²) in [6, 6.07) is 8.29. The molecule has 3 aromatic rings. The Morgan fingerprint density at radius 3 is 2.59 bits per heavy atom. The zero-order valence-electron chi connectivity index (χ0n) is 9.77. The van der Waals surface area contributed by atoms with Crippen molar-refractivity contribution in [3.63, 3.8) is 0 Å². The van der Waals surface area contributed by atoms with Crippen LogP contribution in [0.25, 0.3) is 16.7 Å². The number of fused-ring (bicyclic) bond motifs is 1. The molecule has 0 atom stereocenters. The lowest BCUT2D eigenvalue weighted by Crippen LogP contribution is -1.96. The van der Waals surface area contributed by atoms with Crippen molar-refractivity contribution in [3.8, 4) is 5.82 Å². The Balaban J connectivity index is 2.35. The second kappa shape index (κ2) is 3.60. The number of rotatable bonds is 1. The van der Waals surface area contributed by atoms with Gasteiger partial charge in [0.05, 0.1) is 0 Å². The molecule has 0 aliphatic heterocycles. The lowest BCUT2D eigenvalue weighted by atomic mass is 10.2. The second-order valence-electron chi connectivity index (χ2n) is 4.21. The van der Waals surface area contributed by atoms with Gasteiger partial charge in [-0.2, -0.15) is 0 Å². The van der Waals surface area contributed by atoms with Gasteiger partial charge in [-0.05, 0) is 30.8 Å². The maximum absolute atomic E-state index is 5.38. The number of nitrogens with one attached hydrogen (secondary N) is 1. The fraction of sp³-hybridized carbons (Fsp3) is 0.154. The fourth-order valence-corrected chi connectivity index (χ4v) is 2.36. The molecule has 4 heteroatoms.